The molecular weight excluding hydrogens is 507 g/mol. The average Bonchev–Trinajstić information content (AvgIpc) is 3.47. The summed E-state index contributed by atoms with van der Waals surface area (Å²) in [5, 5.41) is 9.06. The Bertz CT molecular complexity index is 1310. The predicted molar refractivity (Wildman–Crippen MR) is 119 cm³/mol. The molecule has 3 atom stereocenters. The van der Waals surface area contributed by atoms with E-state index in [-0.39, 0.29) is 11.5 Å². The van der Waals surface area contributed by atoms with Crippen LogP contribution in [-0.4, -0.2) is 52.4 Å². The maximum Gasteiger partial charge on any atom is 0.417 e. The number of oxime groups is 1. The third-order valence-corrected chi connectivity index (χ3v) is 6.24. The molecule has 4 heterocycles. The molecule has 2 N–H and O–H groups in total. The van der Waals surface area contributed by atoms with Crippen LogP contribution in [0.4, 0.5) is 29.5 Å². The molecule has 188 valence electrons. The number of hydrazine groups is 2. The van der Waals surface area contributed by atoms with Crippen LogP contribution in [0.15, 0.2) is 47.8 Å². The molecule has 11 nitrogen and oxygen atoms in total. The highest BCUT2D eigenvalue weighted by atomic mass is 35.5. The van der Waals surface area contributed by atoms with E-state index in [1.807, 2.05) is 0 Å². The monoisotopic (exact) mass is 523 g/mol. The van der Waals surface area contributed by atoms with Gasteiger partial charge in [-0.25, -0.2) is 14.8 Å². The van der Waals surface area contributed by atoms with Gasteiger partial charge in [-0.15, -0.1) is 0 Å². The molecule has 3 aliphatic heterocycles. The van der Waals surface area contributed by atoms with E-state index >= 15 is 0 Å². The van der Waals surface area contributed by atoms with Crippen LogP contribution in [0.25, 0.3) is 0 Å². The Balaban J connectivity index is 1.41. The van der Waals surface area contributed by atoms with Gasteiger partial charge in [-0.05, 0) is 25.1 Å². The highest BCUT2D eigenvalue weighted by Gasteiger charge is 2.62. The van der Waals surface area contributed by atoms with Crippen molar-refractivity contribution in [3.05, 3.63) is 53.2 Å². The molecule has 1 aromatic carbocycles. The zero-order valence-corrected chi connectivity index (χ0v) is 19.3. The van der Waals surface area contributed by atoms with E-state index in [1.54, 1.807) is 37.3 Å². The van der Waals surface area contributed by atoms with Crippen LogP contribution in [-0.2, 0) is 20.6 Å². The smallest absolute Gasteiger partial charge is 0.381 e. The van der Waals surface area contributed by atoms with E-state index in [1.165, 1.54) is 12.1 Å². The number of imide groups is 1. The summed E-state index contributed by atoms with van der Waals surface area (Å²) in [6, 6.07) is 8.75. The fourth-order valence-corrected chi connectivity index (χ4v) is 4.53. The molecule has 0 unspecified atom stereocenters. The number of pyridine rings is 1. The second-order valence-corrected chi connectivity index (χ2v) is 8.76. The highest BCUT2D eigenvalue weighted by molar-refractivity contribution is 6.33. The summed E-state index contributed by atoms with van der Waals surface area (Å²) in [4.78, 5) is 48.1. The first-order chi connectivity index (χ1) is 16.9. The first-order valence-corrected chi connectivity index (χ1v) is 10.8. The molecule has 2 aromatic rings. The highest BCUT2D eigenvalue weighted by Crippen LogP contribution is 2.38. The molecule has 5 rings (SSSR count). The Morgan fingerprint density at radius 2 is 1.86 bits per heavy atom. The molecule has 0 saturated carbocycles. The summed E-state index contributed by atoms with van der Waals surface area (Å²) < 4.78 is 38.9. The molecule has 0 spiro atoms. The number of hydrogen-bond acceptors (Lipinski definition) is 8. The molecule has 2 fully saturated rings. The van der Waals surface area contributed by atoms with Crippen LogP contribution in [0.3, 0.4) is 0 Å². The van der Waals surface area contributed by atoms with Crippen molar-refractivity contribution >= 4 is 46.7 Å². The van der Waals surface area contributed by atoms with Crippen LogP contribution in [0, 0.1) is 5.92 Å². The third-order valence-electron chi connectivity index (χ3n) is 5.97. The summed E-state index contributed by atoms with van der Waals surface area (Å²) in [7, 11) is 1.25. The fraction of sp³-hybridized carbons (Fsp3) is 0.286. The second kappa shape index (κ2) is 8.06. The van der Waals surface area contributed by atoms with Crippen molar-refractivity contribution in [3.63, 3.8) is 0 Å². The molecule has 0 bridgehead atoms. The van der Waals surface area contributed by atoms with Gasteiger partial charge in [-0.1, -0.05) is 35.0 Å². The van der Waals surface area contributed by atoms with Gasteiger partial charge in [0.1, 0.15) is 11.6 Å². The summed E-state index contributed by atoms with van der Waals surface area (Å²) in [6.45, 7) is 1.55. The predicted octanol–water partition coefficient (Wildman–Crippen LogP) is 2.30. The van der Waals surface area contributed by atoms with Gasteiger partial charge in [0.25, 0.3) is 11.8 Å². The summed E-state index contributed by atoms with van der Waals surface area (Å²) >= 11 is 6.00. The van der Waals surface area contributed by atoms with Gasteiger partial charge in [0.15, 0.2) is 11.5 Å². The number of rotatable bonds is 4. The first kappa shape index (κ1) is 23.8. The van der Waals surface area contributed by atoms with Crippen molar-refractivity contribution in [2.75, 3.05) is 17.1 Å². The van der Waals surface area contributed by atoms with Crippen molar-refractivity contribution < 1.29 is 32.4 Å². The minimum Gasteiger partial charge on any atom is -0.381 e. The number of nitrogens with one attached hydrogen (secondary N) is 2. The van der Waals surface area contributed by atoms with Gasteiger partial charge in [-0.3, -0.25) is 14.6 Å². The SMILES string of the molecule is CN(c1ncc(C(F)(F)F)cc1Cl)N1C(=O)[C@@H]2C([C@@]3(C)NC(=O)N(c4ccccc4)N3)=NO[C@H]2C1=O. The molecule has 1 aromatic heterocycles. The van der Waals surface area contributed by atoms with E-state index in [4.69, 9.17) is 16.4 Å². The Morgan fingerprint density at radius 1 is 1.17 bits per heavy atom. The number of amides is 4. The Morgan fingerprint density at radius 3 is 2.50 bits per heavy atom. The van der Waals surface area contributed by atoms with Gasteiger partial charge in [0.05, 0.1) is 16.3 Å². The van der Waals surface area contributed by atoms with E-state index in [0.29, 0.717) is 23.0 Å². The van der Waals surface area contributed by atoms with Gasteiger partial charge in [0, 0.05) is 13.2 Å². The van der Waals surface area contributed by atoms with Crippen molar-refractivity contribution in [1.82, 2.24) is 20.7 Å². The second-order valence-electron chi connectivity index (χ2n) is 8.36. The Kier molecular flexibility index (Phi) is 5.33. The molecule has 15 heteroatoms. The number of anilines is 2. The Hall–Kier alpha value is -3.91. The quantitative estimate of drug-likeness (QED) is 0.590. The first-order valence-electron chi connectivity index (χ1n) is 10.5. The van der Waals surface area contributed by atoms with Gasteiger partial charge in [-0.2, -0.15) is 23.6 Å². The number of urea groups is 1. The van der Waals surface area contributed by atoms with Crippen LogP contribution in [0.1, 0.15) is 12.5 Å². The van der Waals surface area contributed by atoms with Crippen LogP contribution >= 0.6 is 11.6 Å². The largest absolute Gasteiger partial charge is 0.417 e. The Labute approximate surface area is 206 Å². The number of aromatic nitrogens is 1. The van der Waals surface area contributed by atoms with E-state index in [2.05, 4.69) is 20.9 Å². The third kappa shape index (κ3) is 3.60. The van der Waals surface area contributed by atoms with Crippen molar-refractivity contribution in [3.8, 4) is 0 Å². The van der Waals surface area contributed by atoms with Crippen molar-refractivity contribution in [2.24, 2.45) is 11.1 Å². The van der Waals surface area contributed by atoms with Crippen molar-refractivity contribution in [2.45, 2.75) is 24.9 Å². The number of hydrogen-bond donors (Lipinski definition) is 2. The molecule has 0 radical (unpaired) electrons. The molecule has 0 aliphatic carbocycles. The van der Waals surface area contributed by atoms with E-state index < -0.39 is 52.3 Å². The normalized spacial score (nSPS) is 25.6. The number of carbonyl (C=O) groups is 3. The summed E-state index contributed by atoms with van der Waals surface area (Å²) in [6.07, 6.45) is -5.47. The van der Waals surface area contributed by atoms with Crippen LogP contribution in [0.5, 0.6) is 0 Å². The molecule has 4 amide bonds. The molecule has 3 aliphatic rings. The number of alkyl halides is 3. The topological polar surface area (TPSA) is 119 Å². The number of para-hydroxylation sites is 1. The number of nitrogens with zero attached hydrogens (tertiary/aromatic N) is 5. The van der Waals surface area contributed by atoms with Gasteiger partial charge in [0.2, 0.25) is 6.10 Å². The lowest BCUT2D eigenvalue weighted by atomic mass is 9.91. The lowest BCUT2D eigenvalue weighted by molar-refractivity contribution is -0.143. The molecule has 2 saturated heterocycles. The maximum atomic E-state index is 13.4. The van der Waals surface area contributed by atoms with Gasteiger partial charge < -0.3 is 10.2 Å². The summed E-state index contributed by atoms with van der Waals surface area (Å²) in [5.74, 6) is -3.07. The number of fused-ring (bicyclic) bond motifs is 1. The standard InChI is InChI=1S/C21H17ClF3N7O4/c1-20(27-19(35)31(29-20)11-6-4-3-5-7-11)15-13-14(36-28-15)18(34)32(17(13)33)30(2)16-12(22)8-10(9-26-16)21(23,24)25/h3-9,13-14,29H,1-2H3,(H,27,35)/t13-,14+,20-/m0/s1. The number of halogens is 4. The lowest BCUT2D eigenvalue weighted by Gasteiger charge is -2.29. The van der Waals surface area contributed by atoms with Crippen LogP contribution in [0.2, 0.25) is 5.02 Å². The molecule has 36 heavy (non-hydrogen) atoms. The number of carbonyl (C=O) groups excluding carboxylic acids is 3. The summed E-state index contributed by atoms with van der Waals surface area (Å²) in [5.41, 5.74) is 1.04. The minimum atomic E-state index is -4.68. The fourth-order valence-electron chi connectivity index (χ4n) is 4.24. The van der Waals surface area contributed by atoms with E-state index in [0.717, 1.165) is 5.01 Å². The van der Waals surface area contributed by atoms with E-state index in [9.17, 15) is 27.6 Å². The number of benzene rings is 1. The minimum absolute atomic E-state index is 0.0417. The van der Waals surface area contributed by atoms with Gasteiger partial charge >= 0.3 is 12.2 Å². The zero-order valence-electron chi connectivity index (χ0n) is 18.6. The molecular formula is C21H17ClF3N7O4. The average molecular weight is 524 g/mol. The zero-order chi connectivity index (χ0) is 26.0. The van der Waals surface area contributed by atoms with Crippen molar-refractivity contribution in [1.29, 1.82) is 0 Å². The lowest BCUT2D eigenvalue weighted by Crippen LogP contribution is -2.58. The van der Waals surface area contributed by atoms with Crippen LogP contribution < -0.4 is 20.8 Å². The maximum absolute atomic E-state index is 13.4.